The molecule has 0 atom stereocenters. The molecule has 5 nitrogen and oxygen atoms in total. The second-order valence-corrected chi connectivity index (χ2v) is 7.04. The van der Waals surface area contributed by atoms with Crippen molar-refractivity contribution in [2.75, 3.05) is 11.4 Å². The summed E-state index contributed by atoms with van der Waals surface area (Å²) in [5.74, 6) is -0.291. The van der Waals surface area contributed by atoms with Crippen LogP contribution in [0, 0.1) is 0 Å². The van der Waals surface area contributed by atoms with Gasteiger partial charge in [-0.3, -0.25) is 9.59 Å². The number of carbonyl (C=O) groups is 2. The molecule has 0 saturated carbocycles. The summed E-state index contributed by atoms with van der Waals surface area (Å²) >= 11 is 3.36. The fourth-order valence-electron chi connectivity index (χ4n) is 2.93. The van der Waals surface area contributed by atoms with E-state index in [0.717, 1.165) is 28.6 Å². The lowest BCUT2D eigenvalue weighted by molar-refractivity contribution is -0.125. The van der Waals surface area contributed by atoms with Crippen LogP contribution in [0.15, 0.2) is 58.1 Å². The van der Waals surface area contributed by atoms with E-state index in [1.807, 2.05) is 42.5 Å². The number of halogens is 1. The summed E-state index contributed by atoms with van der Waals surface area (Å²) in [6.45, 7) is 0.708. The van der Waals surface area contributed by atoms with Crippen molar-refractivity contribution in [3.8, 4) is 0 Å². The van der Waals surface area contributed by atoms with E-state index in [0.29, 0.717) is 6.54 Å². The molecule has 1 aliphatic heterocycles. The number of benzene rings is 2. The van der Waals surface area contributed by atoms with Gasteiger partial charge in [-0.2, -0.15) is 5.10 Å². The Morgan fingerprint density at radius 1 is 1.12 bits per heavy atom. The van der Waals surface area contributed by atoms with Gasteiger partial charge in [-0.15, -0.1) is 0 Å². The number of rotatable bonds is 5. The van der Waals surface area contributed by atoms with Gasteiger partial charge in [0.15, 0.2) is 0 Å². The number of para-hydroxylation sites is 1. The summed E-state index contributed by atoms with van der Waals surface area (Å²) in [5, 5.41) is 3.93. The van der Waals surface area contributed by atoms with E-state index in [2.05, 4.69) is 32.5 Å². The predicted octanol–water partition coefficient (Wildman–Crippen LogP) is 3.66. The molecule has 0 spiro atoms. The van der Waals surface area contributed by atoms with Crippen molar-refractivity contribution in [2.24, 2.45) is 5.10 Å². The van der Waals surface area contributed by atoms with Crippen LogP contribution >= 0.6 is 15.9 Å². The summed E-state index contributed by atoms with van der Waals surface area (Å²) in [6.07, 6.45) is 3.81. The first-order valence-electron chi connectivity index (χ1n) is 8.59. The first kappa shape index (κ1) is 18.3. The number of hydrogen-bond donors (Lipinski definition) is 1. The molecule has 6 heteroatoms. The number of nitrogens with one attached hydrogen (secondary N) is 1. The number of aryl methyl sites for hydroxylation is 1. The molecule has 0 aliphatic carbocycles. The minimum Gasteiger partial charge on any atom is -0.312 e. The van der Waals surface area contributed by atoms with E-state index >= 15 is 0 Å². The van der Waals surface area contributed by atoms with Gasteiger partial charge in [-0.1, -0.05) is 46.3 Å². The van der Waals surface area contributed by atoms with E-state index in [1.54, 1.807) is 11.1 Å². The molecule has 2 aromatic rings. The molecule has 0 aromatic heterocycles. The molecule has 0 unspecified atom stereocenters. The second kappa shape index (κ2) is 8.76. The molecule has 2 aromatic carbocycles. The Bertz CT molecular complexity index is 818. The van der Waals surface area contributed by atoms with Gasteiger partial charge in [0.25, 0.3) is 0 Å². The lowest BCUT2D eigenvalue weighted by atomic mass is 10.0. The molecular weight excluding hydrogens is 394 g/mol. The van der Waals surface area contributed by atoms with Crippen molar-refractivity contribution in [1.29, 1.82) is 0 Å². The molecule has 3 rings (SSSR count). The monoisotopic (exact) mass is 413 g/mol. The molecule has 0 saturated heterocycles. The van der Waals surface area contributed by atoms with Crippen LogP contribution in [0.1, 0.15) is 30.4 Å². The number of anilines is 1. The zero-order chi connectivity index (χ0) is 18.4. The standard InChI is InChI=1S/C20H20BrN3O2/c21-17-9-7-15(8-10-17)14-22-23-19(25)11-12-20(26)24-13-3-5-16-4-1-2-6-18(16)24/h1-2,4,6-10,14H,3,5,11-13H2,(H,23,25)/b22-14+. The Balaban J connectivity index is 1.49. The Morgan fingerprint density at radius 3 is 2.69 bits per heavy atom. The van der Waals surface area contributed by atoms with Gasteiger partial charge in [-0.25, -0.2) is 5.43 Å². The molecule has 1 aliphatic rings. The number of hydrazone groups is 1. The number of amides is 2. The molecule has 1 N–H and O–H groups in total. The van der Waals surface area contributed by atoms with Crippen LogP contribution in [0.2, 0.25) is 0 Å². The van der Waals surface area contributed by atoms with Crippen LogP contribution in [0.25, 0.3) is 0 Å². The van der Waals surface area contributed by atoms with E-state index in [9.17, 15) is 9.59 Å². The highest BCUT2D eigenvalue weighted by molar-refractivity contribution is 9.10. The molecule has 0 radical (unpaired) electrons. The second-order valence-electron chi connectivity index (χ2n) is 6.12. The van der Waals surface area contributed by atoms with Gasteiger partial charge in [0.2, 0.25) is 11.8 Å². The molecule has 134 valence electrons. The normalized spacial score (nSPS) is 13.5. The number of fused-ring (bicyclic) bond motifs is 1. The predicted molar refractivity (Wildman–Crippen MR) is 106 cm³/mol. The topological polar surface area (TPSA) is 61.8 Å². The average Bonchev–Trinajstić information content (AvgIpc) is 2.67. The third-order valence-corrected chi connectivity index (χ3v) is 4.78. The lowest BCUT2D eigenvalue weighted by Gasteiger charge is -2.29. The maximum atomic E-state index is 12.5. The van der Waals surface area contributed by atoms with Crippen LogP contribution in [0.4, 0.5) is 5.69 Å². The van der Waals surface area contributed by atoms with Crippen molar-refractivity contribution >= 4 is 39.6 Å². The summed E-state index contributed by atoms with van der Waals surface area (Å²) in [4.78, 5) is 26.2. The fraction of sp³-hybridized carbons (Fsp3) is 0.250. The van der Waals surface area contributed by atoms with Crippen LogP contribution in [0.3, 0.4) is 0 Å². The van der Waals surface area contributed by atoms with E-state index in [-0.39, 0.29) is 24.7 Å². The molecule has 26 heavy (non-hydrogen) atoms. The zero-order valence-electron chi connectivity index (χ0n) is 14.3. The summed E-state index contributed by atoms with van der Waals surface area (Å²) < 4.78 is 0.983. The first-order chi connectivity index (χ1) is 12.6. The summed E-state index contributed by atoms with van der Waals surface area (Å²) in [5.41, 5.74) is 5.52. The van der Waals surface area contributed by atoms with Crippen LogP contribution in [-0.2, 0) is 16.0 Å². The van der Waals surface area contributed by atoms with Gasteiger partial charge >= 0.3 is 0 Å². The highest BCUT2D eigenvalue weighted by Gasteiger charge is 2.22. The smallest absolute Gasteiger partial charge is 0.240 e. The Labute approximate surface area is 161 Å². The quantitative estimate of drug-likeness (QED) is 0.600. The molecule has 0 fully saturated rings. The molecule has 0 bridgehead atoms. The first-order valence-corrected chi connectivity index (χ1v) is 9.38. The highest BCUT2D eigenvalue weighted by Crippen LogP contribution is 2.27. The maximum absolute atomic E-state index is 12.5. The van der Waals surface area contributed by atoms with Gasteiger partial charge in [0.05, 0.1) is 6.21 Å². The van der Waals surface area contributed by atoms with Crippen molar-refractivity contribution in [1.82, 2.24) is 5.43 Å². The van der Waals surface area contributed by atoms with Crippen molar-refractivity contribution in [2.45, 2.75) is 25.7 Å². The third-order valence-electron chi connectivity index (χ3n) is 4.25. The summed E-state index contributed by atoms with van der Waals surface area (Å²) in [7, 11) is 0. The van der Waals surface area contributed by atoms with Gasteiger partial charge in [-0.05, 0) is 42.2 Å². The van der Waals surface area contributed by atoms with E-state index < -0.39 is 0 Å². The van der Waals surface area contributed by atoms with Crippen molar-refractivity contribution in [3.05, 3.63) is 64.1 Å². The van der Waals surface area contributed by atoms with Gasteiger partial charge < -0.3 is 4.90 Å². The minimum absolute atomic E-state index is 0.0239. The van der Waals surface area contributed by atoms with Crippen LogP contribution < -0.4 is 10.3 Å². The SMILES string of the molecule is O=C(CCC(=O)N1CCCc2ccccc21)N/N=C/c1ccc(Br)cc1. The number of carbonyl (C=O) groups excluding carboxylic acids is 2. The van der Waals surface area contributed by atoms with Gasteiger partial charge in [0.1, 0.15) is 0 Å². The number of hydrogen-bond acceptors (Lipinski definition) is 3. The van der Waals surface area contributed by atoms with Crippen molar-refractivity contribution < 1.29 is 9.59 Å². The highest BCUT2D eigenvalue weighted by atomic mass is 79.9. The molecule has 1 heterocycles. The van der Waals surface area contributed by atoms with E-state index in [4.69, 9.17) is 0 Å². The Kier molecular flexibility index (Phi) is 6.17. The van der Waals surface area contributed by atoms with Crippen molar-refractivity contribution in [3.63, 3.8) is 0 Å². The third kappa shape index (κ3) is 4.79. The van der Waals surface area contributed by atoms with E-state index in [1.165, 1.54) is 5.56 Å². The van der Waals surface area contributed by atoms with Gasteiger partial charge in [0, 0.05) is 29.5 Å². The molecule has 2 amide bonds. The Hall–Kier alpha value is -2.47. The number of nitrogens with zero attached hydrogens (tertiary/aromatic N) is 2. The molecular formula is C20H20BrN3O2. The van der Waals surface area contributed by atoms with Crippen LogP contribution in [0.5, 0.6) is 0 Å². The zero-order valence-corrected chi connectivity index (χ0v) is 15.9. The maximum Gasteiger partial charge on any atom is 0.240 e. The Morgan fingerprint density at radius 2 is 1.88 bits per heavy atom. The van der Waals surface area contributed by atoms with Crippen LogP contribution in [-0.4, -0.2) is 24.6 Å². The largest absolute Gasteiger partial charge is 0.312 e. The summed E-state index contributed by atoms with van der Waals surface area (Å²) in [6, 6.07) is 15.5. The fourth-order valence-corrected chi connectivity index (χ4v) is 3.20. The lowest BCUT2D eigenvalue weighted by Crippen LogP contribution is -2.36. The average molecular weight is 414 g/mol. The minimum atomic E-state index is -0.267.